The molecule has 0 radical (unpaired) electrons. The molecule has 1 saturated heterocycles. The standard InChI is InChI=1S/C22H26N8O4S.C2HF3O2/c1-3-34-20(31)19-14(2)25-22(35-19)28-21-26-17(12-18(27-21)29-9-7-23-8-10-29)24-13-15-5-4-6-16(11-15)30(32)33;3-2(4,5)1(6)7/h4-6,11-12,23H,3,7-10,13H2,1-2H3,(H2,24,25,26,27,28);(H,6,7). The Hall–Kier alpha value is -4.58. The zero-order chi connectivity index (χ0) is 30.9. The first-order valence-electron chi connectivity index (χ1n) is 12.4. The highest BCUT2D eigenvalue weighted by Crippen LogP contribution is 2.27. The van der Waals surface area contributed by atoms with E-state index in [9.17, 15) is 28.1 Å². The van der Waals surface area contributed by atoms with Crippen LogP contribution in [0.1, 0.15) is 27.9 Å². The topological polar surface area (TPSA) is 185 Å². The van der Waals surface area contributed by atoms with E-state index in [4.69, 9.17) is 14.6 Å². The molecule has 0 aliphatic carbocycles. The number of thiazole rings is 1. The maximum absolute atomic E-state index is 12.2. The molecule has 0 saturated carbocycles. The molecule has 0 spiro atoms. The van der Waals surface area contributed by atoms with Gasteiger partial charge in [0.1, 0.15) is 16.5 Å². The number of nitrogens with zero attached hydrogens (tertiary/aromatic N) is 5. The number of aryl methyl sites for hydroxylation is 1. The Kier molecular flexibility index (Phi) is 10.9. The fourth-order valence-corrected chi connectivity index (χ4v) is 4.39. The summed E-state index contributed by atoms with van der Waals surface area (Å²) in [6.45, 7) is 7.42. The van der Waals surface area contributed by atoms with Crippen molar-refractivity contribution in [3.63, 3.8) is 0 Å². The molecule has 3 aromatic rings. The van der Waals surface area contributed by atoms with Crippen molar-refractivity contribution >= 4 is 51.7 Å². The number of benzene rings is 1. The van der Waals surface area contributed by atoms with Gasteiger partial charge in [-0.1, -0.05) is 23.5 Å². The van der Waals surface area contributed by atoms with Crippen LogP contribution in [0.5, 0.6) is 0 Å². The van der Waals surface area contributed by atoms with Crippen LogP contribution in [0, 0.1) is 17.0 Å². The van der Waals surface area contributed by atoms with Gasteiger partial charge in [0.25, 0.3) is 5.69 Å². The average Bonchev–Trinajstić information content (AvgIpc) is 3.32. The van der Waals surface area contributed by atoms with Crippen molar-refractivity contribution < 1.29 is 37.5 Å². The molecule has 1 aromatic carbocycles. The lowest BCUT2D eigenvalue weighted by molar-refractivity contribution is -0.384. The second-order valence-corrected chi connectivity index (χ2v) is 9.53. The quantitative estimate of drug-likeness (QED) is 0.156. The predicted molar refractivity (Wildman–Crippen MR) is 147 cm³/mol. The highest BCUT2D eigenvalue weighted by Gasteiger charge is 2.38. The molecule has 226 valence electrons. The van der Waals surface area contributed by atoms with Gasteiger partial charge in [0.05, 0.1) is 17.2 Å². The number of aliphatic carboxylic acids is 1. The molecule has 4 N–H and O–H groups in total. The first kappa shape index (κ1) is 31.9. The highest BCUT2D eigenvalue weighted by molar-refractivity contribution is 7.17. The summed E-state index contributed by atoms with van der Waals surface area (Å²) in [6.07, 6.45) is -5.08. The largest absolute Gasteiger partial charge is 0.490 e. The highest BCUT2D eigenvalue weighted by atomic mass is 32.1. The van der Waals surface area contributed by atoms with Gasteiger partial charge in [0.2, 0.25) is 5.95 Å². The fraction of sp³-hybridized carbons (Fsp3) is 0.375. The third-order valence-electron chi connectivity index (χ3n) is 5.47. The van der Waals surface area contributed by atoms with E-state index in [0.29, 0.717) is 34.0 Å². The summed E-state index contributed by atoms with van der Waals surface area (Å²) in [6, 6.07) is 8.30. The molecule has 1 aliphatic rings. The number of nitro benzene ring substituents is 1. The Morgan fingerprint density at radius 3 is 2.52 bits per heavy atom. The average molecular weight is 613 g/mol. The molecule has 0 atom stereocenters. The number of anilines is 4. The van der Waals surface area contributed by atoms with Gasteiger partial charge in [-0.15, -0.1) is 0 Å². The summed E-state index contributed by atoms with van der Waals surface area (Å²) in [4.78, 5) is 47.9. The van der Waals surface area contributed by atoms with Crippen molar-refractivity contribution in [3.8, 4) is 0 Å². The van der Waals surface area contributed by atoms with E-state index in [1.165, 1.54) is 23.5 Å². The van der Waals surface area contributed by atoms with Crippen molar-refractivity contribution in [3.05, 3.63) is 56.6 Å². The molecule has 18 heteroatoms. The summed E-state index contributed by atoms with van der Waals surface area (Å²) in [5.74, 6) is -1.55. The fourth-order valence-electron chi connectivity index (χ4n) is 3.54. The summed E-state index contributed by atoms with van der Waals surface area (Å²) in [5.41, 5.74) is 1.36. The van der Waals surface area contributed by atoms with Gasteiger partial charge < -0.3 is 25.4 Å². The maximum atomic E-state index is 12.2. The van der Waals surface area contributed by atoms with Gasteiger partial charge >= 0.3 is 18.1 Å². The molecule has 42 heavy (non-hydrogen) atoms. The molecule has 1 aliphatic heterocycles. The second kappa shape index (κ2) is 14.4. The van der Waals surface area contributed by atoms with Crippen LogP contribution in [-0.4, -0.2) is 75.9 Å². The molecule has 3 heterocycles. The number of halogens is 3. The van der Waals surface area contributed by atoms with Gasteiger partial charge in [0.15, 0.2) is 5.13 Å². The number of carboxylic acids is 1. The van der Waals surface area contributed by atoms with E-state index < -0.39 is 23.0 Å². The Labute approximate surface area is 241 Å². The van der Waals surface area contributed by atoms with Gasteiger partial charge in [-0.05, 0) is 19.4 Å². The van der Waals surface area contributed by atoms with Crippen molar-refractivity contribution in [2.75, 3.05) is 48.3 Å². The molecule has 2 aromatic heterocycles. The summed E-state index contributed by atoms with van der Waals surface area (Å²) in [7, 11) is 0. The predicted octanol–water partition coefficient (Wildman–Crippen LogP) is 3.73. The van der Waals surface area contributed by atoms with Crippen LogP contribution >= 0.6 is 11.3 Å². The van der Waals surface area contributed by atoms with Gasteiger partial charge in [0, 0.05) is 50.9 Å². The first-order chi connectivity index (χ1) is 19.9. The molecule has 14 nitrogen and oxygen atoms in total. The van der Waals surface area contributed by atoms with Crippen LogP contribution in [0.2, 0.25) is 0 Å². The van der Waals surface area contributed by atoms with E-state index in [1.54, 1.807) is 19.9 Å². The SMILES string of the molecule is CCOC(=O)c1sc(Nc2nc(NCc3cccc([N+](=O)[O-])c3)cc(N3CCNCC3)n2)nc1C.O=C(O)C(F)(F)F. The van der Waals surface area contributed by atoms with Crippen LogP contribution < -0.4 is 20.9 Å². The number of ether oxygens (including phenoxy) is 1. The number of aromatic nitrogens is 3. The number of rotatable bonds is 9. The summed E-state index contributed by atoms with van der Waals surface area (Å²) in [5, 5.41) is 28.4. The van der Waals surface area contributed by atoms with E-state index in [2.05, 4.69) is 35.8 Å². The van der Waals surface area contributed by atoms with Crippen LogP contribution in [0.4, 0.5) is 41.6 Å². The number of carbonyl (C=O) groups excluding carboxylic acids is 1. The number of hydrogen-bond donors (Lipinski definition) is 4. The normalized spacial score (nSPS) is 13.0. The molecular formula is C24H27F3N8O6S. The van der Waals surface area contributed by atoms with Crippen LogP contribution in [0.25, 0.3) is 0 Å². The number of piperazine rings is 1. The van der Waals surface area contributed by atoms with Crippen LogP contribution in [-0.2, 0) is 16.1 Å². The Bertz CT molecular complexity index is 1420. The first-order valence-corrected chi connectivity index (χ1v) is 13.2. The molecule has 4 rings (SSSR count). The zero-order valence-electron chi connectivity index (χ0n) is 22.4. The van der Waals surface area contributed by atoms with Crippen molar-refractivity contribution in [2.24, 2.45) is 0 Å². The summed E-state index contributed by atoms with van der Waals surface area (Å²) < 4.78 is 36.8. The Morgan fingerprint density at radius 2 is 1.90 bits per heavy atom. The van der Waals surface area contributed by atoms with Gasteiger partial charge in [-0.25, -0.2) is 14.6 Å². The lowest BCUT2D eigenvalue weighted by atomic mass is 10.2. The number of carboxylic acid groups (broad SMARTS) is 1. The molecule has 0 bridgehead atoms. The lowest BCUT2D eigenvalue weighted by Gasteiger charge is -2.28. The molecule has 0 amide bonds. The lowest BCUT2D eigenvalue weighted by Crippen LogP contribution is -2.44. The van der Waals surface area contributed by atoms with E-state index in [-0.39, 0.29) is 12.3 Å². The van der Waals surface area contributed by atoms with Crippen LogP contribution in [0.15, 0.2) is 30.3 Å². The van der Waals surface area contributed by atoms with E-state index in [0.717, 1.165) is 37.6 Å². The third-order valence-corrected chi connectivity index (χ3v) is 6.52. The van der Waals surface area contributed by atoms with Crippen molar-refractivity contribution in [1.82, 2.24) is 20.3 Å². The molecular weight excluding hydrogens is 585 g/mol. The number of alkyl halides is 3. The number of hydrogen-bond acceptors (Lipinski definition) is 13. The Balaban J connectivity index is 0.000000616. The minimum atomic E-state index is -5.08. The smallest absolute Gasteiger partial charge is 0.475 e. The van der Waals surface area contributed by atoms with E-state index in [1.807, 2.05) is 12.1 Å². The maximum Gasteiger partial charge on any atom is 0.490 e. The molecule has 0 unspecified atom stereocenters. The number of nitrogens with one attached hydrogen (secondary N) is 3. The molecule has 1 fully saturated rings. The number of carbonyl (C=O) groups is 2. The third kappa shape index (κ3) is 9.23. The Morgan fingerprint density at radius 1 is 1.21 bits per heavy atom. The monoisotopic (exact) mass is 612 g/mol. The zero-order valence-corrected chi connectivity index (χ0v) is 23.2. The minimum absolute atomic E-state index is 0.0346. The number of nitro groups is 1. The van der Waals surface area contributed by atoms with Crippen molar-refractivity contribution in [2.45, 2.75) is 26.6 Å². The van der Waals surface area contributed by atoms with Crippen molar-refractivity contribution in [1.29, 1.82) is 0 Å². The minimum Gasteiger partial charge on any atom is -0.475 e. The number of esters is 1. The van der Waals surface area contributed by atoms with Gasteiger partial charge in [-0.2, -0.15) is 23.1 Å². The van der Waals surface area contributed by atoms with Gasteiger partial charge in [-0.3, -0.25) is 15.4 Å². The second-order valence-electron chi connectivity index (χ2n) is 8.53. The van der Waals surface area contributed by atoms with E-state index >= 15 is 0 Å². The summed E-state index contributed by atoms with van der Waals surface area (Å²) >= 11 is 1.18. The number of non-ortho nitro benzene ring substituents is 1. The van der Waals surface area contributed by atoms with Crippen LogP contribution in [0.3, 0.4) is 0 Å².